The van der Waals surface area contributed by atoms with E-state index >= 15 is 0 Å². The van der Waals surface area contributed by atoms with E-state index in [9.17, 15) is 18.9 Å². The van der Waals surface area contributed by atoms with E-state index in [1.165, 1.54) is 36.4 Å². The van der Waals surface area contributed by atoms with E-state index in [0.29, 0.717) is 5.56 Å². The minimum absolute atomic E-state index is 0.224. The second-order valence-corrected chi connectivity index (χ2v) is 4.52. The molecule has 0 saturated heterocycles. The lowest BCUT2D eigenvalue weighted by atomic mass is 9.97. The summed E-state index contributed by atoms with van der Waals surface area (Å²) >= 11 is 0. The van der Waals surface area contributed by atoms with Crippen molar-refractivity contribution in [3.05, 3.63) is 87.5 Å². The van der Waals surface area contributed by atoms with Crippen LogP contribution in [0, 0.1) is 21.7 Å². The van der Waals surface area contributed by atoms with Crippen LogP contribution in [0.15, 0.2) is 54.6 Å². The minimum Gasteiger partial charge on any atom is -0.265 e. The topological polar surface area (TPSA) is 43.1 Å². The maximum absolute atomic E-state index is 13.8. The molecule has 2 aromatic rings. The first-order chi connectivity index (χ1) is 10.1. The highest BCUT2D eigenvalue weighted by molar-refractivity contribution is 5.51. The summed E-state index contributed by atoms with van der Waals surface area (Å²) in [6.07, 6.45) is 2.90. The number of nitro groups is 1. The Bertz CT molecular complexity index is 671. The highest BCUT2D eigenvalue weighted by Gasteiger charge is 2.18. The lowest BCUT2D eigenvalue weighted by Gasteiger charge is -2.09. The van der Waals surface area contributed by atoms with Gasteiger partial charge in [0.2, 0.25) is 6.54 Å². The average Bonchev–Trinajstić information content (AvgIpc) is 2.45. The van der Waals surface area contributed by atoms with Gasteiger partial charge in [0.1, 0.15) is 11.6 Å². The maximum Gasteiger partial charge on any atom is 0.214 e. The molecule has 0 radical (unpaired) electrons. The van der Waals surface area contributed by atoms with Crippen molar-refractivity contribution in [3.63, 3.8) is 0 Å². The highest BCUT2D eigenvalue weighted by Crippen LogP contribution is 2.22. The van der Waals surface area contributed by atoms with Crippen LogP contribution in [0.2, 0.25) is 0 Å². The Hall–Kier alpha value is -2.56. The van der Waals surface area contributed by atoms with E-state index in [-0.39, 0.29) is 5.56 Å². The van der Waals surface area contributed by atoms with Crippen LogP contribution >= 0.6 is 0 Å². The van der Waals surface area contributed by atoms with Gasteiger partial charge in [-0.25, -0.2) is 8.78 Å². The predicted octanol–water partition coefficient (Wildman–Crippen LogP) is 4.04. The van der Waals surface area contributed by atoms with Gasteiger partial charge >= 0.3 is 0 Å². The monoisotopic (exact) mass is 289 g/mol. The van der Waals surface area contributed by atoms with E-state index in [0.717, 1.165) is 0 Å². The van der Waals surface area contributed by atoms with Crippen LogP contribution in [-0.2, 0) is 0 Å². The highest BCUT2D eigenvalue weighted by atomic mass is 19.1. The molecule has 0 aliphatic heterocycles. The first-order valence-electron chi connectivity index (χ1n) is 6.37. The molecule has 108 valence electrons. The number of halogens is 2. The number of rotatable bonds is 5. The molecule has 0 amide bonds. The lowest BCUT2D eigenvalue weighted by molar-refractivity contribution is -0.481. The SMILES string of the molecule is O=[N+]([O-])C[C@H](/C=C/c1ccccc1F)c1ccccc1F. The van der Waals surface area contributed by atoms with Gasteiger partial charge < -0.3 is 0 Å². The molecule has 2 aromatic carbocycles. The second kappa shape index (κ2) is 6.74. The Morgan fingerprint density at radius 2 is 1.67 bits per heavy atom. The van der Waals surface area contributed by atoms with Crippen molar-refractivity contribution in [3.8, 4) is 0 Å². The van der Waals surface area contributed by atoms with E-state index in [4.69, 9.17) is 0 Å². The van der Waals surface area contributed by atoms with Crippen LogP contribution in [0.5, 0.6) is 0 Å². The van der Waals surface area contributed by atoms with E-state index < -0.39 is 29.0 Å². The molecule has 5 heteroatoms. The van der Waals surface area contributed by atoms with Crippen LogP contribution in [0.1, 0.15) is 17.0 Å². The number of benzene rings is 2. The third-order valence-electron chi connectivity index (χ3n) is 3.06. The summed E-state index contributed by atoms with van der Waals surface area (Å²) in [4.78, 5) is 10.2. The molecule has 0 heterocycles. The molecule has 0 saturated carbocycles. The molecule has 0 N–H and O–H groups in total. The van der Waals surface area contributed by atoms with Crippen LogP contribution < -0.4 is 0 Å². The van der Waals surface area contributed by atoms with Crippen LogP contribution in [0.25, 0.3) is 6.08 Å². The third kappa shape index (κ3) is 3.95. The van der Waals surface area contributed by atoms with Crippen LogP contribution in [0.4, 0.5) is 8.78 Å². The summed E-state index contributed by atoms with van der Waals surface area (Å²) in [6.45, 7) is -0.452. The fourth-order valence-electron chi connectivity index (χ4n) is 2.03. The quantitative estimate of drug-likeness (QED) is 0.616. The van der Waals surface area contributed by atoms with E-state index in [1.54, 1.807) is 24.3 Å². The maximum atomic E-state index is 13.8. The summed E-state index contributed by atoms with van der Waals surface area (Å²) < 4.78 is 27.3. The van der Waals surface area contributed by atoms with Crippen molar-refractivity contribution in [2.75, 3.05) is 6.54 Å². The van der Waals surface area contributed by atoms with Gasteiger partial charge in [0, 0.05) is 16.1 Å². The van der Waals surface area contributed by atoms with Crippen LogP contribution in [-0.4, -0.2) is 11.5 Å². The van der Waals surface area contributed by atoms with Gasteiger partial charge in [-0.15, -0.1) is 0 Å². The molecule has 2 rings (SSSR count). The molecular weight excluding hydrogens is 276 g/mol. The first-order valence-corrected chi connectivity index (χ1v) is 6.37. The van der Waals surface area contributed by atoms with Gasteiger partial charge in [0.25, 0.3) is 0 Å². The molecule has 0 unspecified atom stereocenters. The number of hydrogen-bond acceptors (Lipinski definition) is 2. The molecule has 0 aliphatic rings. The third-order valence-corrected chi connectivity index (χ3v) is 3.06. The zero-order chi connectivity index (χ0) is 15.2. The Balaban J connectivity index is 2.31. The largest absolute Gasteiger partial charge is 0.265 e. The first kappa shape index (κ1) is 14.8. The van der Waals surface area contributed by atoms with Gasteiger partial charge in [0.05, 0.1) is 5.92 Å². The zero-order valence-corrected chi connectivity index (χ0v) is 11.1. The van der Waals surface area contributed by atoms with Crippen LogP contribution in [0.3, 0.4) is 0 Å². The summed E-state index contributed by atoms with van der Waals surface area (Å²) in [7, 11) is 0. The summed E-state index contributed by atoms with van der Waals surface area (Å²) in [6, 6.07) is 11.9. The van der Waals surface area contributed by atoms with Crippen molar-refractivity contribution in [1.82, 2.24) is 0 Å². The fraction of sp³-hybridized carbons (Fsp3) is 0.125. The van der Waals surface area contributed by atoms with Gasteiger partial charge in [-0.3, -0.25) is 10.1 Å². The Morgan fingerprint density at radius 3 is 2.29 bits per heavy atom. The standard InChI is InChI=1S/C16H13F2NO2/c17-15-7-3-1-5-12(15)9-10-13(11-19(20)21)14-6-2-4-8-16(14)18/h1-10,13H,11H2/b10-9+/t13-/m0/s1. The molecule has 0 fully saturated rings. The normalized spacial score (nSPS) is 12.5. The van der Waals surface area contributed by atoms with Gasteiger partial charge in [-0.1, -0.05) is 48.6 Å². The summed E-state index contributed by atoms with van der Waals surface area (Å²) in [5.74, 6) is -1.69. The molecular formula is C16H13F2NO2. The Labute approximate surface area is 120 Å². The minimum atomic E-state index is -0.749. The molecule has 0 bridgehead atoms. The summed E-state index contributed by atoms with van der Waals surface area (Å²) in [5.41, 5.74) is 0.531. The van der Waals surface area contributed by atoms with Gasteiger partial charge in [-0.2, -0.15) is 0 Å². The van der Waals surface area contributed by atoms with Crippen molar-refractivity contribution >= 4 is 6.08 Å². The summed E-state index contributed by atoms with van der Waals surface area (Å²) in [5, 5.41) is 10.7. The average molecular weight is 289 g/mol. The number of nitrogens with zero attached hydrogens (tertiary/aromatic N) is 1. The van der Waals surface area contributed by atoms with E-state index in [2.05, 4.69) is 0 Å². The molecule has 21 heavy (non-hydrogen) atoms. The Morgan fingerprint density at radius 1 is 1.05 bits per heavy atom. The zero-order valence-electron chi connectivity index (χ0n) is 11.1. The fourth-order valence-corrected chi connectivity index (χ4v) is 2.03. The Kier molecular flexibility index (Phi) is 4.77. The van der Waals surface area contributed by atoms with Crippen molar-refractivity contribution in [1.29, 1.82) is 0 Å². The van der Waals surface area contributed by atoms with Crippen molar-refractivity contribution < 1.29 is 13.7 Å². The molecule has 3 nitrogen and oxygen atoms in total. The van der Waals surface area contributed by atoms with E-state index in [1.807, 2.05) is 0 Å². The van der Waals surface area contributed by atoms with Crippen molar-refractivity contribution in [2.24, 2.45) is 0 Å². The van der Waals surface area contributed by atoms with Gasteiger partial charge in [0.15, 0.2) is 0 Å². The van der Waals surface area contributed by atoms with Crippen molar-refractivity contribution in [2.45, 2.75) is 5.92 Å². The number of hydrogen-bond donors (Lipinski definition) is 0. The molecule has 0 spiro atoms. The second-order valence-electron chi connectivity index (χ2n) is 4.52. The smallest absolute Gasteiger partial charge is 0.214 e. The molecule has 0 aliphatic carbocycles. The lowest BCUT2D eigenvalue weighted by Crippen LogP contribution is -2.12. The van der Waals surface area contributed by atoms with Gasteiger partial charge in [-0.05, 0) is 12.1 Å². The molecule has 1 atom stereocenters. The molecule has 0 aromatic heterocycles. The predicted molar refractivity (Wildman–Crippen MR) is 76.4 cm³/mol.